The summed E-state index contributed by atoms with van der Waals surface area (Å²) in [4.78, 5) is 28.1. The van der Waals surface area contributed by atoms with Gasteiger partial charge in [-0.1, -0.05) is 31.7 Å². The fraction of sp³-hybridized carbons (Fsp3) is 0.278. The molecule has 1 aliphatic heterocycles. The van der Waals surface area contributed by atoms with Crippen molar-refractivity contribution in [3.63, 3.8) is 0 Å². The maximum atomic E-state index is 12.2. The molecule has 3 rings (SSSR count). The summed E-state index contributed by atoms with van der Waals surface area (Å²) in [6.45, 7) is 7.97. The quantitative estimate of drug-likeness (QED) is 0.682. The summed E-state index contributed by atoms with van der Waals surface area (Å²) < 4.78 is 5.45. The van der Waals surface area contributed by atoms with Gasteiger partial charge in [-0.15, -0.1) is 0 Å². The van der Waals surface area contributed by atoms with Gasteiger partial charge in [-0.2, -0.15) is 4.99 Å². The molecule has 2 aromatic carbocycles. The molecule has 0 aliphatic carbocycles. The first-order valence-corrected chi connectivity index (χ1v) is 7.79. The Balaban J connectivity index is 2.27. The van der Waals surface area contributed by atoms with E-state index in [0.717, 1.165) is 16.7 Å². The van der Waals surface area contributed by atoms with Crippen LogP contribution in [0.25, 0.3) is 6.08 Å². The molecular weight excluding hydrogens is 306 g/mol. The number of hydrogen-bond donors (Lipinski definition) is 1. The van der Waals surface area contributed by atoms with Crippen molar-refractivity contribution in [2.24, 2.45) is 10.8 Å². The zero-order valence-electron chi connectivity index (χ0n) is 13.6. The number of aliphatic imine (C=N–C) groups is 1. The van der Waals surface area contributed by atoms with Crippen molar-refractivity contribution in [1.29, 1.82) is 0 Å². The molecule has 1 unspecified atom stereocenters. The highest BCUT2D eigenvalue weighted by atomic mass is 16.5. The van der Waals surface area contributed by atoms with Crippen LogP contribution >= 0.6 is 0 Å². The monoisotopic (exact) mass is 324 g/mol. The van der Waals surface area contributed by atoms with Gasteiger partial charge in [0.1, 0.15) is 11.7 Å². The topological polar surface area (TPSA) is 85.0 Å². The first kappa shape index (κ1) is 16.1. The van der Waals surface area contributed by atoms with Gasteiger partial charge >= 0.3 is 6.02 Å². The fourth-order valence-corrected chi connectivity index (χ4v) is 3.05. The average molecular weight is 324 g/mol. The van der Waals surface area contributed by atoms with Gasteiger partial charge < -0.3 is 4.74 Å². The van der Waals surface area contributed by atoms with Crippen molar-refractivity contribution in [2.75, 3.05) is 6.61 Å². The Morgan fingerprint density at radius 3 is 2.75 bits per heavy atom. The molecule has 1 heterocycles. The second kappa shape index (κ2) is 6.05. The minimum Gasteiger partial charge on any atom is -0.464 e. The molecule has 2 N–H and O–H groups in total. The largest absolute Gasteiger partial charge is 0.464 e. The lowest BCUT2D eigenvalue weighted by atomic mass is 9.85. The smallest absolute Gasteiger partial charge is 0.308 e. The Morgan fingerprint density at radius 2 is 2.12 bits per heavy atom. The van der Waals surface area contributed by atoms with Crippen molar-refractivity contribution in [1.82, 2.24) is 5.01 Å². The van der Waals surface area contributed by atoms with E-state index >= 15 is 0 Å². The normalized spacial score (nSPS) is 16.7. The summed E-state index contributed by atoms with van der Waals surface area (Å²) >= 11 is 0. The Labute approximate surface area is 139 Å². The van der Waals surface area contributed by atoms with Crippen LogP contribution in [0.5, 0.6) is 0 Å². The van der Waals surface area contributed by atoms with Gasteiger partial charge in [-0.05, 0) is 36.1 Å². The van der Waals surface area contributed by atoms with Gasteiger partial charge in [0.2, 0.25) is 5.43 Å². The third-order valence-corrected chi connectivity index (χ3v) is 4.18. The highest BCUT2D eigenvalue weighted by molar-refractivity contribution is 5.83. The lowest BCUT2D eigenvalue weighted by molar-refractivity contribution is 0.217. The van der Waals surface area contributed by atoms with Crippen LogP contribution in [0, 0.1) is 6.07 Å². The number of fused-ring (bicyclic) bond motifs is 1. The van der Waals surface area contributed by atoms with E-state index in [1.807, 2.05) is 19.1 Å². The number of nitrogens with zero attached hydrogens (tertiary/aromatic N) is 2. The molecule has 0 spiro atoms. The first-order chi connectivity index (χ1) is 11.5. The van der Waals surface area contributed by atoms with E-state index in [9.17, 15) is 9.59 Å². The standard InChI is InChI=1S/C18H18N3O3/c1-4-10-8-7-9-11(5-2)12(10)15-13-14(17(23)16(13)22)20-18(21(15)19)24-6-3/h4,7-8,15H,1,5-6,19H2,2-3H3. The molecule has 0 bridgehead atoms. The molecule has 0 saturated carbocycles. The molecule has 0 saturated heterocycles. The zero-order valence-corrected chi connectivity index (χ0v) is 13.6. The number of amidine groups is 1. The fourth-order valence-electron chi connectivity index (χ4n) is 3.05. The van der Waals surface area contributed by atoms with E-state index in [1.165, 1.54) is 5.01 Å². The molecule has 1 aliphatic rings. The number of aryl methyl sites for hydroxylation is 1. The molecule has 6 nitrogen and oxygen atoms in total. The van der Waals surface area contributed by atoms with E-state index in [2.05, 4.69) is 17.6 Å². The third-order valence-electron chi connectivity index (χ3n) is 4.18. The first-order valence-electron chi connectivity index (χ1n) is 7.79. The van der Waals surface area contributed by atoms with Crippen LogP contribution in [0.2, 0.25) is 0 Å². The third kappa shape index (κ3) is 2.18. The SMILES string of the molecule is C=Cc1cc[c]c(CC)c1C1c2c(c(=O)c2=O)N=C(OCC)N1N. The minimum atomic E-state index is -0.635. The Morgan fingerprint density at radius 1 is 1.38 bits per heavy atom. The van der Waals surface area contributed by atoms with Crippen molar-refractivity contribution in [3.05, 3.63) is 67.5 Å². The van der Waals surface area contributed by atoms with Crippen LogP contribution in [-0.4, -0.2) is 17.6 Å². The molecule has 24 heavy (non-hydrogen) atoms. The molecule has 0 aromatic heterocycles. The Bertz CT molecular complexity index is 907. The van der Waals surface area contributed by atoms with Crippen LogP contribution in [0.15, 0.2) is 33.3 Å². The maximum absolute atomic E-state index is 12.2. The Kier molecular flexibility index (Phi) is 4.07. The summed E-state index contributed by atoms with van der Waals surface area (Å²) in [5, 5.41) is 1.31. The van der Waals surface area contributed by atoms with Crippen LogP contribution in [0.3, 0.4) is 0 Å². The van der Waals surface area contributed by atoms with E-state index in [1.54, 1.807) is 13.0 Å². The number of benzene rings is 1. The van der Waals surface area contributed by atoms with E-state index < -0.39 is 16.9 Å². The summed E-state index contributed by atoms with van der Waals surface area (Å²) in [5.41, 5.74) is 1.84. The van der Waals surface area contributed by atoms with Crippen LogP contribution in [0.1, 0.15) is 42.1 Å². The van der Waals surface area contributed by atoms with E-state index in [-0.39, 0.29) is 11.7 Å². The molecule has 6 heteroatoms. The second-order valence-electron chi connectivity index (χ2n) is 5.44. The summed E-state index contributed by atoms with van der Waals surface area (Å²) in [5.74, 6) is 6.21. The van der Waals surface area contributed by atoms with Crippen LogP contribution in [-0.2, 0) is 11.2 Å². The number of hydrogen-bond acceptors (Lipinski definition) is 6. The maximum Gasteiger partial charge on any atom is 0.308 e. The van der Waals surface area contributed by atoms with Crippen LogP contribution < -0.4 is 16.7 Å². The van der Waals surface area contributed by atoms with Crippen molar-refractivity contribution >= 4 is 17.8 Å². The van der Waals surface area contributed by atoms with E-state index in [4.69, 9.17) is 10.6 Å². The molecule has 2 aromatic rings. The second-order valence-corrected chi connectivity index (χ2v) is 5.44. The van der Waals surface area contributed by atoms with Crippen molar-refractivity contribution in [3.8, 4) is 0 Å². The molecule has 1 radical (unpaired) electrons. The molecule has 123 valence electrons. The Hall–Kier alpha value is -2.73. The molecule has 1 atom stereocenters. The number of nitrogens with two attached hydrogens (primary N) is 1. The lowest BCUT2D eigenvalue weighted by Gasteiger charge is -2.35. The van der Waals surface area contributed by atoms with Gasteiger partial charge in [-0.3, -0.25) is 14.6 Å². The van der Waals surface area contributed by atoms with E-state index in [0.29, 0.717) is 18.6 Å². The van der Waals surface area contributed by atoms with Gasteiger partial charge in [-0.25, -0.2) is 5.84 Å². The van der Waals surface area contributed by atoms with Crippen molar-refractivity contribution < 1.29 is 4.74 Å². The van der Waals surface area contributed by atoms with Gasteiger partial charge in [0.25, 0.3) is 5.43 Å². The molecule has 0 amide bonds. The highest BCUT2D eigenvalue weighted by Gasteiger charge is 2.40. The number of rotatable bonds is 4. The average Bonchev–Trinajstić information content (AvgIpc) is 2.61. The predicted octanol–water partition coefficient (Wildman–Crippen LogP) is 1.59. The molecular formula is C18H18N3O3. The zero-order chi connectivity index (χ0) is 17.4. The summed E-state index contributed by atoms with van der Waals surface area (Å²) in [6.07, 6.45) is 2.40. The number of hydrazine groups is 1. The summed E-state index contributed by atoms with van der Waals surface area (Å²) in [7, 11) is 0. The van der Waals surface area contributed by atoms with Gasteiger partial charge in [0, 0.05) is 0 Å². The van der Waals surface area contributed by atoms with Crippen molar-refractivity contribution in [2.45, 2.75) is 26.3 Å². The van der Waals surface area contributed by atoms with Crippen LogP contribution in [0.4, 0.5) is 5.69 Å². The molecule has 0 fully saturated rings. The van der Waals surface area contributed by atoms with Gasteiger partial charge in [0.15, 0.2) is 0 Å². The van der Waals surface area contributed by atoms with Gasteiger partial charge in [0.05, 0.1) is 12.2 Å². The highest BCUT2D eigenvalue weighted by Crippen LogP contribution is 2.38. The predicted molar refractivity (Wildman–Crippen MR) is 92.7 cm³/mol. The summed E-state index contributed by atoms with van der Waals surface area (Å²) in [6, 6.07) is 6.34. The number of ether oxygens (including phenoxy) is 1. The lowest BCUT2D eigenvalue weighted by Crippen LogP contribution is -2.51. The minimum absolute atomic E-state index is 0.128.